The number of carbonyl (C=O) groups excluding carboxylic acids is 1. The Morgan fingerprint density at radius 3 is 2.39 bits per heavy atom. The molecule has 33 heavy (non-hydrogen) atoms. The van der Waals surface area contributed by atoms with Crippen molar-refractivity contribution in [1.82, 2.24) is 9.21 Å². The summed E-state index contributed by atoms with van der Waals surface area (Å²) in [6.07, 6.45) is 0. The van der Waals surface area contributed by atoms with E-state index in [1.165, 1.54) is 34.1 Å². The minimum Gasteiger partial charge on any atom is -0.322 e. The summed E-state index contributed by atoms with van der Waals surface area (Å²) in [5.41, 5.74) is 2.45. The number of amides is 1. The van der Waals surface area contributed by atoms with Crippen LogP contribution in [0.5, 0.6) is 0 Å². The normalized spacial score (nSPS) is 15.3. The van der Waals surface area contributed by atoms with Crippen molar-refractivity contribution in [1.29, 1.82) is 0 Å². The van der Waals surface area contributed by atoms with Crippen molar-refractivity contribution in [2.24, 2.45) is 0 Å². The fraction of sp³-hybridized carbons (Fsp3) is 0.240. The van der Waals surface area contributed by atoms with Crippen LogP contribution >= 0.6 is 0 Å². The molecule has 8 heteroatoms. The van der Waals surface area contributed by atoms with Gasteiger partial charge in [0.25, 0.3) is 5.91 Å². The van der Waals surface area contributed by atoms with Crippen molar-refractivity contribution in [2.45, 2.75) is 18.4 Å². The molecular weight excluding hydrogens is 441 g/mol. The summed E-state index contributed by atoms with van der Waals surface area (Å²) in [6.45, 7) is 4.57. The van der Waals surface area contributed by atoms with Crippen molar-refractivity contribution in [3.63, 3.8) is 0 Å². The van der Waals surface area contributed by atoms with Crippen LogP contribution in [0.1, 0.15) is 21.5 Å². The lowest BCUT2D eigenvalue weighted by Crippen LogP contribution is -2.48. The third-order valence-corrected chi connectivity index (χ3v) is 7.66. The van der Waals surface area contributed by atoms with Crippen LogP contribution in [-0.4, -0.2) is 49.7 Å². The predicted octanol–water partition coefficient (Wildman–Crippen LogP) is 3.89. The van der Waals surface area contributed by atoms with E-state index in [-0.39, 0.29) is 10.5 Å². The topological polar surface area (TPSA) is 69.7 Å². The molecule has 1 heterocycles. The molecule has 0 aromatic heterocycles. The van der Waals surface area contributed by atoms with Crippen LogP contribution in [0.3, 0.4) is 0 Å². The van der Waals surface area contributed by atoms with E-state index in [9.17, 15) is 17.6 Å². The highest BCUT2D eigenvalue weighted by Crippen LogP contribution is 2.21. The molecule has 0 aliphatic carbocycles. The Morgan fingerprint density at radius 1 is 0.939 bits per heavy atom. The van der Waals surface area contributed by atoms with E-state index in [2.05, 4.69) is 22.3 Å². The Balaban J connectivity index is 1.44. The first kappa shape index (κ1) is 23.1. The summed E-state index contributed by atoms with van der Waals surface area (Å²) in [6, 6.07) is 20.2. The van der Waals surface area contributed by atoms with Crippen LogP contribution in [0.25, 0.3) is 0 Å². The fourth-order valence-electron chi connectivity index (χ4n) is 3.84. The van der Waals surface area contributed by atoms with Crippen LogP contribution in [0, 0.1) is 12.7 Å². The van der Waals surface area contributed by atoms with Gasteiger partial charge in [-0.3, -0.25) is 9.69 Å². The molecule has 1 aliphatic heterocycles. The lowest BCUT2D eigenvalue weighted by Gasteiger charge is -2.34. The van der Waals surface area contributed by atoms with Gasteiger partial charge in [-0.25, -0.2) is 12.8 Å². The number of hydrogen-bond donors (Lipinski definition) is 1. The molecular formula is C25H26FN3O3S. The number of rotatable bonds is 6. The number of aryl methyl sites for hydroxylation is 1. The lowest BCUT2D eigenvalue weighted by molar-refractivity contribution is 0.102. The number of nitrogens with zero attached hydrogens (tertiary/aromatic N) is 2. The predicted molar refractivity (Wildman–Crippen MR) is 126 cm³/mol. The summed E-state index contributed by atoms with van der Waals surface area (Å²) >= 11 is 0. The molecule has 1 saturated heterocycles. The molecule has 0 bridgehead atoms. The van der Waals surface area contributed by atoms with E-state index < -0.39 is 21.7 Å². The third kappa shape index (κ3) is 5.47. The van der Waals surface area contributed by atoms with Gasteiger partial charge in [-0.2, -0.15) is 4.31 Å². The zero-order valence-electron chi connectivity index (χ0n) is 18.4. The van der Waals surface area contributed by atoms with Crippen LogP contribution in [0.2, 0.25) is 0 Å². The fourth-order valence-corrected chi connectivity index (χ4v) is 5.31. The van der Waals surface area contributed by atoms with Crippen molar-refractivity contribution in [3.8, 4) is 0 Å². The Labute approximate surface area is 193 Å². The smallest absolute Gasteiger partial charge is 0.255 e. The number of nitrogens with one attached hydrogen (secondary N) is 1. The molecule has 1 N–H and O–H groups in total. The van der Waals surface area contributed by atoms with Crippen molar-refractivity contribution in [2.75, 3.05) is 31.5 Å². The van der Waals surface area contributed by atoms with Crippen LogP contribution in [0.4, 0.5) is 10.1 Å². The van der Waals surface area contributed by atoms with E-state index in [1.54, 1.807) is 25.1 Å². The Hall–Kier alpha value is -3.07. The van der Waals surface area contributed by atoms with Crippen LogP contribution in [-0.2, 0) is 16.6 Å². The van der Waals surface area contributed by atoms with Gasteiger partial charge in [-0.1, -0.05) is 42.5 Å². The van der Waals surface area contributed by atoms with Gasteiger partial charge in [-0.15, -0.1) is 0 Å². The van der Waals surface area contributed by atoms with Gasteiger partial charge in [-0.05, 0) is 48.4 Å². The van der Waals surface area contributed by atoms with E-state index in [0.717, 1.165) is 6.54 Å². The van der Waals surface area contributed by atoms with Gasteiger partial charge in [0.1, 0.15) is 5.82 Å². The molecule has 1 fully saturated rings. The quantitative estimate of drug-likeness (QED) is 0.597. The molecule has 1 aliphatic rings. The van der Waals surface area contributed by atoms with E-state index in [0.29, 0.717) is 37.4 Å². The number of benzene rings is 3. The second kappa shape index (κ2) is 9.82. The van der Waals surface area contributed by atoms with Gasteiger partial charge in [0.15, 0.2) is 0 Å². The molecule has 3 aromatic rings. The first-order valence-electron chi connectivity index (χ1n) is 10.8. The maximum absolute atomic E-state index is 13.5. The number of anilines is 1. The molecule has 172 valence electrons. The second-order valence-electron chi connectivity index (χ2n) is 8.11. The second-order valence-corrected chi connectivity index (χ2v) is 10.0. The maximum atomic E-state index is 13.5. The summed E-state index contributed by atoms with van der Waals surface area (Å²) < 4.78 is 41.4. The number of sulfonamides is 1. The molecule has 0 saturated carbocycles. The zero-order chi connectivity index (χ0) is 23.4. The third-order valence-electron chi connectivity index (χ3n) is 5.76. The first-order chi connectivity index (χ1) is 15.8. The SMILES string of the molecule is Cc1ccc(F)cc1NC(=O)c1cccc(S(=O)(=O)N2CCN(Cc3ccccc3)CC2)c1. The summed E-state index contributed by atoms with van der Waals surface area (Å²) in [7, 11) is -3.74. The van der Waals surface area contributed by atoms with E-state index >= 15 is 0 Å². The molecule has 0 unspecified atom stereocenters. The average Bonchev–Trinajstić information content (AvgIpc) is 2.82. The first-order valence-corrected chi connectivity index (χ1v) is 12.2. The Bertz CT molecular complexity index is 1240. The summed E-state index contributed by atoms with van der Waals surface area (Å²) in [4.78, 5) is 15.0. The van der Waals surface area contributed by atoms with Gasteiger partial charge < -0.3 is 5.32 Å². The molecule has 4 rings (SSSR count). The highest BCUT2D eigenvalue weighted by Gasteiger charge is 2.29. The van der Waals surface area contributed by atoms with Crippen molar-refractivity contribution in [3.05, 3.63) is 95.3 Å². The molecule has 1 amide bonds. The number of hydrogen-bond acceptors (Lipinski definition) is 4. The number of halogens is 1. The molecule has 0 radical (unpaired) electrons. The summed E-state index contributed by atoms with van der Waals surface area (Å²) in [5.74, 6) is -0.952. The molecule has 0 atom stereocenters. The summed E-state index contributed by atoms with van der Waals surface area (Å²) in [5, 5.41) is 2.66. The Morgan fingerprint density at radius 2 is 1.67 bits per heavy atom. The minimum absolute atomic E-state index is 0.0719. The average molecular weight is 468 g/mol. The van der Waals surface area contributed by atoms with Gasteiger partial charge >= 0.3 is 0 Å². The Kier molecular flexibility index (Phi) is 6.88. The monoisotopic (exact) mass is 467 g/mol. The molecule has 0 spiro atoms. The maximum Gasteiger partial charge on any atom is 0.255 e. The van der Waals surface area contributed by atoms with Gasteiger partial charge in [0.05, 0.1) is 4.90 Å². The lowest BCUT2D eigenvalue weighted by atomic mass is 10.1. The van der Waals surface area contributed by atoms with E-state index in [1.807, 2.05) is 18.2 Å². The highest BCUT2D eigenvalue weighted by atomic mass is 32.2. The van der Waals surface area contributed by atoms with Crippen LogP contribution in [0.15, 0.2) is 77.7 Å². The molecule has 3 aromatic carbocycles. The van der Waals surface area contributed by atoms with Crippen molar-refractivity contribution < 1.29 is 17.6 Å². The van der Waals surface area contributed by atoms with Crippen LogP contribution < -0.4 is 5.32 Å². The highest BCUT2D eigenvalue weighted by molar-refractivity contribution is 7.89. The number of carbonyl (C=O) groups is 1. The van der Waals surface area contributed by atoms with Gasteiger partial charge in [0.2, 0.25) is 10.0 Å². The van der Waals surface area contributed by atoms with Crippen molar-refractivity contribution >= 4 is 21.6 Å². The van der Waals surface area contributed by atoms with E-state index in [4.69, 9.17) is 0 Å². The zero-order valence-corrected chi connectivity index (χ0v) is 19.2. The minimum atomic E-state index is -3.74. The number of piperazine rings is 1. The standard InChI is InChI=1S/C25H26FN3O3S/c1-19-10-11-22(26)17-24(19)27-25(30)21-8-5-9-23(16-21)33(31,32)29-14-12-28(13-15-29)18-20-6-3-2-4-7-20/h2-11,16-17H,12-15,18H2,1H3,(H,27,30). The van der Waals surface area contributed by atoms with Gasteiger partial charge in [0, 0.05) is 44.0 Å². The molecule has 6 nitrogen and oxygen atoms in total. The largest absolute Gasteiger partial charge is 0.322 e.